The van der Waals surface area contributed by atoms with Crippen molar-refractivity contribution in [2.75, 3.05) is 18.1 Å². The standard InChI is InChI=1S/C8H13NO2S3/c1-2-3-9-6-4-14(10,11)5-7(6)13-8(9)12/h6-7H,2-5H2,1H3/t6-,7+/m0/s1. The van der Waals surface area contributed by atoms with Gasteiger partial charge in [-0.1, -0.05) is 30.9 Å². The van der Waals surface area contributed by atoms with Crippen LogP contribution in [-0.4, -0.2) is 47.0 Å². The summed E-state index contributed by atoms with van der Waals surface area (Å²) in [5.74, 6) is 0.605. The average Bonchev–Trinajstić information content (AvgIpc) is 2.47. The molecule has 0 saturated carbocycles. The van der Waals surface area contributed by atoms with Gasteiger partial charge < -0.3 is 4.90 Å². The molecule has 0 aromatic heterocycles. The first kappa shape index (κ1) is 10.7. The second kappa shape index (κ2) is 3.64. The zero-order chi connectivity index (χ0) is 10.3. The number of nitrogens with zero attached hydrogens (tertiary/aromatic N) is 1. The van der Waals surface area contributed by atoms with Gasteiger partial charge in [-0.25, -0.2) is 8.42 Å². The highest BCUT2D eigenvalue weighted by Crippen LogP contribution is 2.37. The van der Waals surface area contributed by atoms with Gasteiger partial charge >= 0.3 is 0 Å². The Bertz CT molecular complexity index is 352. The highest BCUT2D eigenvalue weighted by molar-refractivity contribution is 8.24. The molecule has 2 aliphatic rings. The van der Waals surface area contributed by atoms with Crippen LogP contribution >= 0.6 is 24.0 Å². The summed E-state index contributed by atoms with van der Waals surface area (Å²) < 4.78 is 23.7. The van der Waals surface area contributed by atoms with Gasteiger partial charge in [-0.3, -0.25) is 0 Å². The average molecular weight is 251 g/mol. The maximum absolute atomic E-state index is 11.4. The molecular weight excluding hydrogens is 238 g/mol. The molecule has 0 bridgehead atoms. The molecule has 2 saturated heterocycles. The second-order valence-corrected chi connectivity index (χ2v) is 7.79. The van der Waals surface area contributed by atoms with E-state index in [1.807, 2.05) is 0 Å². The van der Waals surface area contributed by atoms with Gasteiger partial charge in [0.15, 0.2) is 9.84 Å². The van der Waals surface area contributed by atoms with Gasteiger partial charge in [-0.15, -0.1) is 0 Å². The first-order chi connectivity index (χ1) is 6.53. The van der Waals surface area contributed by atoms with Crippen molar-refractivity contribution >= 4 is 38.1 Å². The Labute approximate surface area is 94.1 Å². The van der Waals surface area contributed by atoms with E-state index in [1.54, 1.807) is 11.8 Å². The third-order valence-electron chi connectivity index (χ3n) is 2.62. The molecule has 0 aliphatic carbocycles. The minimum absolute atomic E-state index is 0.150. The van der Waals surface area contributed by atoms with E-state index in [2.05, 4.69) is 11.8 Å². The van der Waals surface area contributed by atoms with Crippen molar-refractivity contribution in [3.8, 4) is 0 Å². The number of fused-ring (bicyclic) bond motifs is 1. The monoisotopic (exact) mass is 251 g/mol. The predicted octanol–water partition coefficient (Wildman–Crippen LogP) is 0.896. The summed E-state index contributed by atoms with van der Waals surface area (Å²) in [6, 6.07) is 0.150. The zero-order valence-electron chi connectivity index (χ0n) is 7.97. The molecule has 14 heavy (non-hydrogen) atoms. The van der Waals surface area contributed by atoms with Crippen molar-refractivity contribution in [2.45, 2.75) is 24.6 Å². The van der Waals surface area contributed by atoms with Crippen molar-refractivity contribution in [3.05, 3.63) is 0 Å². The van der Waals surface area contributed by atoms with E-state index in [0.717, 1.165) is 17.3 Å². The molecule has 0 radical (unpaired) electrons. The molecule has 0 amide bonds. The molecule has 0 aromatic rings. The van der Waals surface area contributed by atoms with Crippen molar-refractivity contribution in [3.63, 3.8) is 0 Å². The van der Waals surface area contributed by atoms with Gasteiger partial charge in [0.1, 0.15) is 4.32 Å². The predicted molar refractivity (Wildman–Crippen MR) is 63.4 cm³/mol. The van der Waals surface area contributed by atoms with Gasteiger partial charge in [0.05, 0.1) is 17.5 Å². The molecule has 2 fully saturated rings. The lowest BCUT2D eigenvalue weighted by Crippen LogP contribution is -2.37. The van der Waals surface area contributed by atoms with Crippen LogP contribution in [0.5, 0.6) is 0 Å². The van der Waals surface area contributed by atoms with E-state index in [0.29, 0.717) is 11.5 Å². The van der Waals surface area contributed by atoms with E-state index in [4.69, 9.17) is 12.2 Å². The topological polar surface area (TPSA) is 37.4 Å². The second-order valence-electron chi connectivity index (χ2n) is 3.76. The Morgan fingerprint density at radius 2 is 2.29 bits per heavy atom. The van der Waals surface area contributed by atoms with Gasteiger partial charge in [-0.05, 0) is 6.42 Å². The quantitative estimate of drug-likeness (QED) is 0.682. The van der Waals surface area contributed by atoms with E-state index in [-0.39, 0.29) is 11.3 Å². The normalized spacial score (nSPS) is 34.9. The van der Waals surface area contributed by atoms with E-state index < -0.39 is 9.84 Å². The Balaban J connectivity index is 2.17. The Hall–Kier alpha value is 0.190. The highest BCUT2D eigenvalue weighted by atomic mass is 32.2. The lowest BCUT2D eigenvalue weighted by molar-refractivity contribution is 0.362. The summed E-state index contributed by atoms with van der Waals surface area (Å²) in [7, 11) is -2.80. The summed E-state index contributed by atoms with van der Waals surface area (Å²) in [5.41, 5.74) is 0. The minimum atomic E-state index is -2.80. The molecular formula is C8H13NO2S3. The lowest BCUT2D eigenvalue weighted by atomic mass is 10.2. The lowest BCUT2D eigenvalue weighted by Gasteiger charge is -2.22. The van der Waals surface area contributed by atoms with Crippen LogP contribution in [0.3, 0.4) is 0 Å². The van der Waals surface area contributed by atoms with Gasteiger partial charge in [0.2, 0.25) is 0 Å². The molecule has 3 nitrogen and oxygen atoms in total. The Morgan fingerprint density at radius 3 is 2.93 bits per heavy atom. The Kier molecular flexibility index (Phi) is 2.79. The first-order valence-corrected chi connectivity index (χ1v) is 7.82. The van der Waals surface area contributed by atoms with Crippen LogP contribution in [0.25, 0.3) is 0 Å². The molecule has 2 atom stereocenters. The third-order valence-corrected chi connectivity index (χ3v) is 6.29. The fourth-order valence-corrected chi connectivity index (χ4v) is 6.46. The number of thioether (sulfide) groups is 1. The maximum atomic E-state index is 11.4. The van der Waals surface area contributed by atoms with Crippen molar-refractivity contribution in [1.82, 2.24) is 4.90 Å². The summed E-state index contributed by atoms with van der Waals surface area (Å²) >= 11 is 6.79. The van der Waals surface area contributed by atoms with Crippen LogP contribution in [-0.2, 0) is 9.84 Å². The van der Waals surface area contributed by atoms with Crippen molar-refractivity contribution in [2.24, 2.45) is 0 Å². The SMILES string of the molecule is CCCN1C(=S)S[C@@H]2CS(=O)(=O)C[C@@H]21. The van der Waals surface area contributed by atoms with Gasteiger partial charge in [-0.2, -0.15) is 0 Å². The minimum Gasteiger partial charge on any atom is -0.352 e. The van der Waals surface area contributed by atoms with Crippen LogP contribution in [0.15, 0.2) is 0 Å². The fourth-order valence-electron chi connectivity index (χ4n) is 2.03. The van der Waals surface area contributed by atoms with Crippen LogP contribution < -0.4 is 0 Å². The summed E-state index contributed by atoms with van der Waals surface area (Å²) in [6.45, 7) is 2.98. The van der Waals surface area contributed by atoms with Crippen molar-refractivity contribution in [1.29, 1.82) is 0 Å². The molecule has 2 aliphatic heterocycles. The fraction of sp³-hybridized carbons (Fsp3) is 0.875. The maximum Gasteiger partial charge on any atom is 0.153 e. The summed E-state index contributed by atoms with van der Waals surface area (Å²) in [6.07, 6.45) is 1.02. The third kappa shape index (κ3) is 1.79. The molecule has 0 unspecified atom stereocenters. The molecule has 80 valence electrons. The van der Waals surface area contributed by atoms with Crippen LogP contribution in [0.1, 0.15) is 13.3 Å². The number of thiocarbonyl (C=S) groups is 1. The van der Waals surface area contributed by atoms with Crippen LogP contribution in [0.2, 0.25) is 0 Å². The van der Waals surface area contributed by atoms with E-state index >= 15 is 0 Å². The molecule has 2 rings (SSSR count). The highest BCUT2D eigenvalue weighted by Gasteiger charge is 2.47. The molecule has 2 heterocycles. The smallest absolute Gasteiger partial charge is 0.153 e. The van der Waals surface area contributed by atoms with E-state index in [9.17, 15) is 8.42 Å². The zero-order valence-corrected chi connectivity index (χ0v) is 10.4. The largest absolute Gasteiger partial charge is 0.352 e. The Morgan fingerprint density at radius 1 is 1.57 bits per heavy atom. The number of rotatable bonds is 2. The number of sulfone groups is 1. The van der Waals surface area contributed by atoms with Gasteiger partial charge in [0.25, 0.3) is 0 Å². The summed E-state index contributed by atoms with van der Waals surface area (Å²) in [4.78, 5) is 2.09. The van der Waals surface area contributed by atoms with Gasteiger partial charge in [0, 0.05) is 11.8 Å². The van der Waals surface area contributed by atoms with Crippen molar-refractivity contribution < 1.29 is 8.42 Å². The molecule has 0 spiro atoms. The number of hydrogen-bond donors (Lipinski definition) is 0. The first-order valence-electron chi connectivity index (χ1n) is 4.71. The molecule has 0 aromatic carbocycles. The van der Waals surface area contributed by atoms with Crippen LogP contribution in [0, 0.1) is 0 Å². The molecule has 6 heteroatoms. The number of hydrogen-bond acceptors (Lipinski definition) is 4. The molecule has 0 N–H and O–H groups in total. The van der Waals surface area contributed by atoms with Crippen LogP contribution in [0.4, 0.5) is 0 Å². The summed E-state index contributed by atoms with van der Waals surface area (Å²) in [5, 5.41) is 0.194. The van der Waals surface area contributed by atoms with E-state index in [1.165, 1.54) is 0 Å².